The van der Waals surface area contributed by atoms with Crippen molar-refractivity contribution in [2.24, 2.45) is 23.2 Å². The van der Waals surface area contributed by atoms with Crippen molar-refractivity contribution >= 4 is 5.97 Å². The fraction of sp³-hybridized carbons (Fsp3) is 0.955. The van der Waals surface area contributed by atoms with Crippen LogP contribution in [0.3, 0.4) is 0 Å². The van der Waals surface area contributed by atoms with Crippen LogP contribution < -0.4 is 0 Å². The first-order valence-corrected chi connectivity index (χ1v) is 10.3. The number of carbonyl (C=O) groups is 1. The van der Waals surface area contributed by atoms with E-state index < -0.39 is 0 Å². The molecule has 0 aliphatic heterocycles. The molecule has 0 N–H and O–H groups in total. The van der Waals surface area contributed by atoms with Gasteiger partial charge in [0, 0.05) is 0 Å². The van der Waals surface area contributed by atoms with E-state index in [1.165, 1.54) is 32.1 Å². The van der Waals surface area contributed by atoms with Gasteiger partial charge in [0.1, 0.15) is 0 Å². The minimum atomic E-state index is -0.00160. The van der Waals surface area contributed by atoms with Crippen molar-refractivity contribution in [3.63, 3.8) is 0 Å². The van der Waals surface area contributed by atoms with Crippen molar-refractivity contribution in [2.45, 2.75) is 106 Å². The van der Waals surface area contributed by atoms with Crippen LogP contribution in [0.5, 0.6) is 0 Å². The monoisotopic (exact) mass is 340 g/mol. The van der Waals surface area contributed by atoms with Crippen molar-refractivity contribution in [1.82, 2.24) is 0 Å². The van der Waals surface area contributed by atoms with E-state index in [1.54, 1.807) is 0 Å². The molecule has 0 amide bonds. The third-order valence-electron chi connectivity index (χ3n) is 5.34. The highest BCUT2D eigenvalue weighted by Gasteiger charge is 2.26. The minimum Gasteiger partial charge on any atom is -0.466 e. The lowest BCUT2D eigenvalue weighted by atomic mass is 9.79. The van der Waals surface area contributed by atoms with Gasteiger partial charge in [-0.15, -0.1) is 0 Å². The normalized spacial score (nSPS) is 15.5. The zero-order valence-electron chi connectivity index (χ0n) is 17.6. The first-order valence-electron chi connectivity index (χ1n) is 10.3. The highest BCUT2D eigenvalue weighted by Crippen LogP contribution is 2.33. The van der Waals surface area contributed by atoms with Gasteiger partial charge in [-0.3, -0.25) is 4.79 Å². The Bertz CT molecular complexity index is 322. The van der Waals surface area contributed by atoms with E-state index in [2.05, 4.69) is 48.5 Å². The molecule has 0 bridgehead atoms. The Morgan fingerprint density at radius 3 is 2.04 bits per heavy atom. The number of rotatable bonds is 14. The standard InChI is InChI=1S/C22H44O2/c1-8-22(7,15-10-12-19(4)5)17-21(23)24-16-14-20(6)13-9-11-18(2)3/h18-20H,8-17H2,1-7H3. The van der Waals surface area contributed by atoms with Crippen LogP contribution in [0.1, 0.15) is 106 Å². The number of carbonyl (C=O) groups excluding carboxylic acids is 1. The summed E-state index contributed by atoms with van der Waals surface area (Å²) in [7, 11) is 0. The molecule has 144 valence electrons. The van der Waals surface area contributed by atoms with Crippen LogP contribution in [-0.2, 0) is 9.53 Å². The van der Waals surface area contributed by atoms with Gasteiger partial charge in [0.05, 0.1) is 13.0 Å². The Kier molecular flexibility index (Phi) is 12.5. The Hall–Kier alpha value is -0.530. The molecular formula is C22H44O2. The highest BCUT2D eigenvalue weighted by atomic mass is 16.5. The maximum Gasteiger partial charge on any atom is 0.306 e. The molecule has 0 rings (SSSR count). The van der Waals surface area contributed by atoms with E-state index in [-0.39, 0.29) is 11.4 Å². The van der Waals surface area contributed by atoms with E-state index in [1.807, 2.05) is 0 Å². The van der Waals surface area contributed by atoms with Crippen molar-refractivity contribution in [1.29, 1.82) is 0 Å². The molecule has 0 aromatic carbocycles. The minimum absolute atomic E-state index is 0.00160. The number of ether oxygens (including phenoxy) is 1. The fourth-order valence-electron chi connectivity index (χ4n) is 3.12. The first-order chi connectivity index (χ1) is 11.2. The number of esters is 1. The SMILES string of the molecule is CCC(C)(CCCC(C)C)CC(=O)OCCC(C)CCCC(C)C. The van der Waals surface area contributed by atoms with E-state index in [0.717, 1.165) is 31.1 Å². The molecule has 0 heterocycles. The summed E-state index contributed by atoms with van der Waals surface area (Å²) in [6.45, 7) is 16.4. The molecule has 0 aliphatic rings. The number of hydrogen-bond acceptors (Lipinski definition) is 2. The summed E-state index contributed by atoms with van der Waals surface area (Å²) in [6, 6.07) is 0. The lowest BCUT2D eigenvalue weighted by Gasteiger charge is -2.27. The third kappa shape index (κ3) is 12.8. The quantitative estimate of drug-likeness (QED) is 0.318. The van der Waals surface area contributed by atoms with Crippen LogP contribution in [0.15, 0.2) is 0 Å². The molecule has 0 saturated heterocycles. The Balaban J connectivity index is 3.96. The summed E-state index contributed by atoms with van der Waals surface area (Å²) in [4.78, 5) is 12.2. The molecule has 2 unspecified atom stereocenters. The summed E-state index contributed by atoms with van der Waals surface area (Å²) in [5.74, 6) is 2.19. The summed E-state index contributed by atoms with van der Waals surface area (Å²) < 4.78 is 5.53. The van der Waals surface area contributed by atoms with Gasteiger partial charge in [0.2, 0.25) is 0 Å². The molecule has 2 atom stereocenters. The first kappa shape index (κ1) is 23.5. The molecule has 0 fully saturated rings. The van der Waals surface area contributed by atoms with Crippen LogP contribution in [0.2, 0.25) is 0 Å². The van der Waals surface area contributed by atoms with Crippen molar-refractivity contribution in [2.75, 3.05) is 6.61 Å². The van der Waals surface area contributed by atoms with Gasteiger partial charge < -0.3 is 4.74 Å². The topological polar surface area (TPSA) is 26.3 Å². The molecule has 0 aliphatic carbocycles. The maximum atomic E-state index is 12.2. The van der Waals surface area contributed by atoms with Crippen molar-refractivity contribution < 1.29 is 9.53 Å². The maximum absolute atomic E-state index is 12.2. The summed E-state index contributed by atoms with van der Waals surface area (Å²) in [6.07, 6.45) is 10.0. The van der Waals surface area contributed by atoms with Gasteiger partial charge in [-0.1, -0.05) is 87.0 Å². The fourth-order valence-corrected chi connectivity index (χ4v) is 3.12. The van der Waals surface area contributed by atoms with Crippen molar-refractivity contribution in [3.05, 3.63) is 0 Å². The van der Waals surface area contributed by atoms with E-state index in [0.29, 0.717) is 18.9 Å². The number of hydrogen-bond donors (Lipinski definition) is 0. The smallest absolute Gasteiger partial charge is 0.306 e. The van der Waals surface area contributed by atoms with Crippen LogP contribution >= 0.6 is 0 Å². The van der Waals surface area contributed by atoms with Gasteiger partial charge in [0.15, 0.2) is 0 Å². The molecule has 2 heteroatoms. The zero-order chi connectivity index (χ0) is 18.6. The lowest BCUT2D eigenvalue weighted by Crippen LogP contribution is -2.22. The second-order valence-electron chi connectivity index (χ2n) is 9.07. The Morgan fingerprint density at radius 1 is 0.917 bits per heavy atom. The molecule has 24 heavy (non-hydrogen) atoms. The summed E-state index contributed by atoms with van der Waals surface area (Å²) >= 11 is 0. The molecule has 0 aromatic rings. The zero-order valence-corrected chi connectivity index (χ0v) is 17.6. The lowest BCUT2D eigenvalue weighted by molar-refractivity contribution is -0.146. The second kappa shape index (κ2) is 12.8. The largest absolute Gasteiger partial charge is 0.466 e. The van der Waals surface area contributed by atoms with Crippen LogP contribution in [-0.4, -0.2) is 12.6 Å². The highest BCUT2D eigenvalue weighted by molar-refractivity contribution is 5.70. The third-order valence-corrected chi connectivity index (χ3v) is 5.34. The van der Waals surface area contributed by atoms with Gasteiger partial charge >= 0.3 is 5.97 Å². The van der Waals surface area contributed by atoms with E-state index >= 15 is 0 Å². The molecule has 0 aromatic heterocycles. The van der Waals surface area contributed by atoms with Gasteiger partial charge in [-0.2, -0.15) is 0 Å². The van der Waals surface area contributed by atoms with Crippen LogP contribution in [0, 0.1) is 23.2 Å². The molecule has 0 spiro atoms. The summed E-state index contributed by atoms with van der Waals surface area (Å²) in [5.41, 5.74) is 0.106. The van der Waals surface area contributed by atoms with Gasteiger partial charge in [0.25, 0.3) is 0 Å². The van der Waals surface area contributed by atoms with Gasteiger partial charge in [-0.05, 0) is 36.0 Å². The average Bonchev–Trinajstić information content (AvgIpc) is 2.46. The molecular weight excluding hydrogens is 296 g/mol. The van der Waals surface area contributed by atoms with Crippen LogP contribution in [0.4, 0.5) is 0 Å². The average molecular weight is 341 g/mol. The molecule has 2 nitrogen and oxygen atoms in total. The Morgan fingerprint density at radius 2 is 1.50 bits per heavy atom. The van der Waals surface area contributed by atoms with Crippen LogP contribution in [0.25, 0.3) is 0 Å². The second-order valence-corrected chi connectivity index (χ2v) is 9.07. The molecule has 0 radical (unpaired) electrons. The molecule has 0 saturated carbocycles. The van der Waals surface area contributed by atoms with E-state index in [9.17, 15) is 4.79 Å². The Labute approximate surface area is 152 Å². The van der Waals surface area contributed by atoms with Gasteiger partial charge in [-0.25, -0.2) is 0 Å². The predicted molar refractivity (Wildman–Crippen MR) is 105 cm³/mol. The van der Waals surface area contributed by atoms with E-state index in [4.69, 9.17) is 4.74 Å². The predicted octanol–water partition coefficient (Wildman–Crippen LogP) is 7.01. The van der Waals surface area contributed by atoms with Crippen molar-refractivity contribution in [3.8, 4) is 0 Å². The summed E-state index contributed by atoms with van der Waals surface area (Å²) in [5, 5.41) is 0.